The Morgan fingerprint density at radius 1 is 0.783 bits per heavy atom. The molecule has 9 atom stereocenters. The van der Waals surface area contributed by atoms with Crippen LogP contribution >= 0.6 is 0 Å². The number of hydrogen-bond donors (Lipinski definition) is 8. The van der Waals surface area contributed by atoms with Gasteiger partial charge in [-0.05, 0) is 0 Å². The summed E-state index contributed by atoms with van der Waals surface area (Å²) in [6.45, 7) is -2.32. The van der Waals surface area contributed by atoms with Gasteiger partial charge in [0.1, 0.15) is 49.3 Å². The average Bonchev–Trinajstić information content (AvgIpc) is 2.80. The molecule has 11 heteroatoms. The quantitative estimate of drug-likeness (QED) is 0.238. The van der Waals surface area contributed by atoms with Crippen LogP contribution in [-0.2, 0) is 14.2 Å². The van der Waals surface area contributed by atoms with E-state index in [2.05, 4.69) is 0 Å². The molecule has 0 spiro atoms. The van der Waals surface area contributed by atoms with Crippen LogP contribution in [0.15, 0.2) is 0 Å². The topological polar surface area (TPSA) is 190 Å². The molecule has 2 heterocycles. The van der Waals surface area contributed by atoms with Crippen molar-refractivity contribution in [3.05, 3.63) is 0 Å². The molecule has 2 saturated heterocycles. The van der Waals surface area contributed by atoms with Gasteiger partial charge in [0.15, 0.2) is 6.29 Å². The summed E-state index contributed by atoms with van der Waals surface area (Å²) in [7, 11) is 0. The van der Waals surface area contributed by atoms with Gasteiger partial charge in [-0.1, -0.05) is 0 Å². The first kappa shape index (κ1) is 18.9. The van der Waals surface area contributed by atoms with Crippen molar-refractivity contribution in [1.29, 1.82) is 0 Å². The van der Waals surface area contributed by atoms with Crippen LogP contribution in [0.5, 0.6) is 0 Å². The zero-order valence-electron chi connectivity index (χ0n) is 12.0. The zero-order valence-corrected chi connectivity index (χ0v) is 12.0. The summed E-state index contributed by atoms with van der Waals surface area (Å²) >= 11 is 0. The molecule has 0 aromatic rings. The first-order chi connectivity index (χ1) is 10.8. The molecular formula is C12H22O11. The van der Waals surface area contributed by atoms with Crippen LogP contribution in [0, 0.1) is 0 Å². The van der Waals surface area contributed by atoms with Gasteiger partial charge in [-0.3, -0.25) is 0 Å². The van der Waals surface area contributed by atoms with Gasteiger partial charge in [0.25, 0.3) is 0 Å². The molecule has 23 heavy (non-hydrogen) atoms. The largest absolute Gasteiger partial charge is 0.394 e. The van der Waals surface area contributed by atoms with E-state index in [-0.39, 0.29) is 0 Å². The summed E-state index contributed by atoms with van der Waals surface area (Å²) in [6.07, 6.45) is -12.7. The highest BCUT2D eigenvalue weighted by molar-refractivity contribution is 4.98. The molecule has 0 saturated carbocycles. The van der Waals surface area contributed by atoms with Gasteiger partial charge in [-0.15, -0.1) is 0 Å². The fraction of sp³-hybridized carbons (Fsp3) is 1.00. The van der Waals surface area contributed by atoms with Crippen molar-refractivity contribution >= 4 is 0 Å². The molecule has 0 amide bonds. The Hall–Kier alpha value is -0.440. The summed E-state index contributed by atoms with van der Waals surface area (Å²) in [4.78, 5) is 0. The van der Waals surface area contributed by atoms with Crippen LogP contribution in [0.1, 0.15) is 0 Å². The third kappa shape index (κ3) is 3.23. The molecule has 11 nitrogen and oxygen atoms in total. The minimum absolute atomic E-state index is 0.669. The van der Waals surface area contributed by atoms with E-state index < -0.39 is 74.6 Å². The van der Waals surface area contributed by atoms with Crippen molar-refractivity contribution in [1.82, 2.24) is 0 Å². The molecule has 0 bridgehead atoms. The van der Waals surface area contributed by atoms with Gasteiger partial charge in [-0.25, -0.2) is 0 Å². The Morgan fingerprint density at radius 2 is 1.39 bits per heavy atom. The summed E-state index contributed by atoms with van der Waals surface area (Å²) in [5.74, 6) is -2.22. The molecule has 2 aliphatic heterocycles. The maximum Gasteiger partial charge on any atom is 0.224 e. The van der Waals surface area contributed by atoms with Crippen LogP contribution in [0.2, 0.25) is 0 Å². The highest BCUT2D eigenvalue weighted by Gasteiger charge is 2.58. The lowest BCUT2D eigenvalue weighted by molar-refractivity contribution is -0.383. The van der Waals surface area contributed by atoms with E-state index in [1.807, 2.05) is 0 Å². The van der Waals surface area contributed by atoms with Crippen molar-refractivity contribution in [2.75, 3.05) is 19.8 Å². The van der Waals surface area contributed by atoms with Crippen LogP contribution in [0.3, 0.4) is 0 Å². The van der Waals surface area contributed by atoms with Gasteiger partial charge in [0, 0.05) is 0 Å². The summed E-state index contributed by atoms with van der Waals surface area (Å²) in [5.41, 5.74) is 0. The van der Waals surface area contributed by atoms with Crippen LogP contribution < -0.4 is 0 Å². The Kier molecular flexibility index (Phi) is 5.92. The Labute approximate surface area is 130 Å². The third-order valence-electron chi connectivity index (χ3n) is 4.07. The lowest BCUT2D eigenvalue weighted by atomic mass is 9.99. The van der Waals surface area contributed by atoms with Crippen LogP contribution in [-0.4, -0.2) is 115 Å². The SMILES string of the molecule is OC[C@H]1O[C@H](O[C@@]2(CO)O[C@H](CO)[C@H](O)[C@H]2O)[C@H](O)[C@@H](O)[C@H]1O. The number of aliphatic hydroxyl groups is 8. The highest BCUT2D eigenvalue weighted by Crippen LogP contribution is 2.35. The second-order valence-electron chi connectivity index (χ2n) is 5.56. The van der Waals surface area contributed by atoms with Gasteiger partial charge >= 0.3 is 0 Å². The van der Waals surface area contributed by atoms with Crippen LogP contribution in [0.4, 0.5) is 0 Å². The predicted molar refractivity (Wildman–Crippen MR) is 68.6 cm³/mol. The smallest absolute Gasteiger partial charge is 0.224 e. The van der Waals surface area contributed by atoms with E-state index in [1.165, 1.54) is 0 Å². The van der Waals surface area contributed by atoms with Crippen molar-refractivity contribution in [3.63, 3.8) is 0 Å². The lowest BCUT2D eigenvalue weighted by Crippen LogP contribution is -2.62. The van der Waals surface area contributed by atoms with Crippen LogP contribution in [0.25, 0.3) is 0 Å². The maximum atomic E-state index is 10.00. The van der Waals surface area contributed by atoms with Gasteiger partial charge in [-0.2, -0.15) is 0 Å². The first-order valence-corrected chi connectivity index (χ1v) is 7.05. The Bertz CT molecular complexity index is 393. The number of ether oxygens (including phenoxy) is 3. The van der Waals surface area contributed by atoms with E-state index in [9.17, 15) is 30.6 Å². The molecule has 0 radical (unpaired) electrons. The molecule has 2 rings (SSSR count). The minimum atomic E-state index is -2.22. The molecular weight excluding hydrogens is 320 g/mol. The van der Waals surface area contributed by atoms with Gasteiger partial charge < -0.3 is 55.1 Å². The number of aliphatic hydroxyl groups excluding tert-OH is 8. The van der Waals surface area contributed by atoms with Crippen molar-refractivity contribution in [2.45, 2.75) is 54.8 Å². The molecule has 0 unspecified atom stereocenters. The zero-order chi connectivity index (χ0) is 17.4. The second-order valence-corrected chi connectivity index (χ2v) is 5.56. The van der Waals surface area contributed by atoms with Gasteiger partial charge in [0.2, 0.25) is 5.79 Å². The highest BCUT2D eigenvalue weighted by atomic mass is 16.8. The summed E-state index contributed by atoms with van der Waals surface area (Å²) in [5, 5.41) is 76.7. The summed E-state index contributed by atoms with van der Waals surface area (Å²) in [6, 6.07) is 0. The molecule has 0 aromatic carbocycles. The lowest BCUT2D eigenvalue weighted by Gasteiger charge is -2.43. The van der Waals surface area contributed by atoms with Crippen molar-refractivity contribution in [3.8, 4) is 0 Å². The fourth-order valence-corrected chi connectivity index (χ4v) is 2.63. The van der Waals surface area contributed by atoms with E-state index >= 15 is 0 Å². The van der Waals surface area contributed by atoms with E-state index in [1.54, 1.807) is 0 Å². The fourth-order valence-electron chi connectivity index (χ4n) is 2.63. The normalized spacial score (nSPS) is 51.1. The summed E-state index contributed by atoms with van der Waals surface area (Å²) < 4.78 is 15.4. The van der Waals surface area contributed by atoms with Crippen molar-refractivity contribution in [2.24, 2.45) is 0 Å². The molecule has 2 aliphatic rings. The van der Waals surface area contributed by atoms with E-state index in [0.717, 1.165) is 0 Å². The predicted octanol–water partition coefficient (Wildman–Crippen LogP) is -5.40. The first-order valence-electron chi connectivity index (χ1n) is 7.05. The average molecular weight is 342 g/mol. The Balaban J connectivity index is 2.18. The third-order valence-corrected chi connectivity index (χ3v) is 4.07. The van der Waals surface area contributed by atoms with E-state index in [4.69, 9.17) is 24.4 Å². The molecule has 8 N–H and O–H groups in total. The van der Waals surface area contributed by atoms with Crippen molar-refractivity contribution < 1.29 is 55.1 Å². The molecule has 2 fully saturated rings. The monoisotopic (exact) mass is 342 g/mol. The van der Waals surface area contributed by atoms with Gasteiger partial charge in [0.05, 0.1) is 13.2 Å². The molecule has 0 aromatic heterocycles. The standard InChI is InChI=1S/C12H22O11/c13-1-4-6(16)8(18)9(19)11(21-4)23-12(3-15)10(20)7(17)5(2-14)22-12/h4-11,13-20H,1-3H2/t4-,5-,6+,7+,8+,9-,10-,11-,12-/m1/s1. The molecule has 136 valence electrons. The second kappa shape index (κ2) is 7.21. The number of rotatable bonds is 5. The Morgan fingerprint density at radius 3 is 1.87 bits per heavy atom. The minimum Gasteiger partial charge on any atom is -0.394 e. The molecule has 0 aliphatic carbocycles. The number of hydrogen-bond acceptors (Lipinski definition) is 11. The van der Waals surface area contributed by atoms with E-state index in [0.29, 0.717) is 0 Å². The maximum absolute atomic E-state index is 10.00.